The maximum Gasteiger partial charge on any atom is 0.321 e. The number of hydrogen-bond acceptors (Lipinski definition) is 3. The van der Waals surface area contributed by atoms with Gasteiger partial charge in [0.25, 0.3) is 0 Å². The molecule has 1 saturated heterocycles. The smallest absolute Gasteiger partial charge is 0.321 e. The second-order valence-electron chi connectivity index (χ2n) is 5.66. The zero-order valence-corrected chi connectivity index (χ0v) is 13.2. The molecule has 0 radical (unpaired) electrons. The molecule has 1 aromatic heterocycles. The second kappa shape index (κ2) is 7.24. The van der Waals surface area contributed by atoms with Gasteiger partial charge < -0.3 is 15.0 Å². The third kappa shape index (κ3) is 3.68. The Morgan fingerprint density at radius 1 is 1.30 bits per heavy atom. The molecule has 1 aromatic carbocycles. The summed E-state index contributed by atoms with van der Waals surface area (Å²) in [4.78, 5) is 18.5. The average molecular weight is 311 g/mol. The quantitative estimate of drug-likeness (QED) is 0.945. The minimum atomic E-state index is -0.0878. The van der Waals surface area contributed by atoms with Crippen LogP contribution in [0.25, 0.3) is 11.1 Å². The van der Waals surface area contributed by atoms with Crippen LogP contribution in [0.1, 0.15) is 12.8 Å². The largest absolute Gasteiger partial charge is 0.380 e. The Hall–Kier alpha value is -2.40. The molecular weight excluding hydrogens is 290 g/mol. The molecule has 1 atom stereocenters. The molecule has 0 saturated carbocycles. The SMILES string of the molecule is COC1CCCN(C(=O)Nc2ccncc2-c2ccccc2)C1. The van der Waals surface area contributed by atoms with E-state index in [0.29, 0.717) is 6.54 Å². The lowest BCUT2D eigenvalue weighted by atomic mass is 10.1. The van der Waals surface area contributed by atoms with E-state index < -0.39 is 0 Å². The molecule has 0 aliphatic carbocycles. The number of likely N-dealkylation sites (tertiary alicyclic amines) is 1. The number of urea groups is 1. The molecule has 0 bridgehead atoms. The van der Waals surface area contributed by atoms with E-state index in [2.05, 4.69) is 10.3 Å². The van der Waals surface area contributed by atoms with E-state index in [1.54, 1.807) is 19.5 Å². The summed E-state index contributed by atoms with van der Waals surface area (Å²) in [5, 5.41) is 3.01. The van der Waals surface area contributed by atoms with Crippen molar-refractivity contribution in [2.75, 3.05) is 25.5 Å². The fourth-order valence-corrected chi connectivity index (χ4v) is 2.86. The number of piperidine rings is 1. The van der Waals surface area contributed by atoms with Crippen molar-refractivity contribution in [3.8, 4) is 11.1 Å². The number of carbonyl (C=O) groups is 1. The average Bonchev–Trinajstić information content (AvgIpc) is 2.63. The lowest BCUT2D eigenvalue weighted by Crippen LogP contribution is -2.44. The van der Waals surface area contributed by atoms with E-state index in [0.717, 1.165) is 36.2 Å². The number of benzene rings is 1. The second-order valence-corrected chi connectivity index (χ2v) is 5.66. The predicted octanol–water partition coefficient (Wildman–Crippen LogP) is 3.39. The predicted molar refractivity (Wildman–Crippen MR) is 90.3 cm³/mol. The number of anilines is 1. The van der Waals surface area contributed by atoms with Crippen molar-refractivity contribution in [1.82, 2.24) is 9.88 Å². The highest BCUT2D eigenvalue weighted by Gasteiger charge is 2.23. The van der Waals surface area contributed by atoms with E-state index >= 15 is 0 Å². The van der Waals surface area contributed by atoms with Crippen LogP contribution in [0.4, 0.5) is 10.5 Å². The van der Waals surface area contributed by atoms with Crippen molar-refractivity contribution in [3.63, 3.8) is 0 Å². The van der Waals surface area contributed by atoms with Crippen LogP contribution in [0.5, 0.6) is 0 Å². The van der Waals surface area contributed by atoms with Gasteiger partial charge in [0, 0.05) is 38.2 Å². The van der Waals surface area contributed by atoms with Crippen molar-refractivity contribution in [3.05, 3.63) is 48.8 Å². The molecule has 23 heavy (non-hydrogen) atoms. The zero-order valence-electron chi connectivity index (χ0n) is 13.2. The summed E-state index contributed by atoms with van der Waals surface area (Å²) in [5.74, 6) is 0. The van der Waals surface area contributed by atoms with E-state index in [9.17, 15) is 4.79 Å². The Labute approximate surface area is 136 Å². The van der Waals surface area contributed by atoms with Gasteiger partial charge in [-0.05, 0) is 24.5 Å². The molecule has 120 valence electrons. The molecule has 2 heterocycles. The van der Waals surface area contributed by atoms with Crippen LogP contribution in [0, 0.1) is 0 Å². The summed E-state index contributed by atoms with van der Waals surface area (Å²) >= 11 is 0. The number of methoxy groups -OCH3 is 1. The Kier molecular flexibility index (Phi) is 4.88. The highest BCUT2D eigenvalue weighted by atomic mass is 16.5. The highest BCUT2D eigenvalue weighted by molar-refractivity contribution is 5.94. The third-order valence-electron chi connectivity index (χ3n) is 4.15. The molecule has 2 amide bonds. The maximum absolute atomic E-state index is 12.6. The summed E-state index contributed by atoms with van der Waals surface area (Å²) in [6, 6.07) is 11.7. The van der Waals surface area contributed by atoms with Gasteiger partial charge in [-0.15, -0.1) is 0 Å². The number of aromatic nitrogens is 1. The normalized spacial score (nSPS) is 17.8. The van der Waals surface area contributed by atoms with Crippen LogP contribution in [0.2, 0.25) is 0 Å². The maximum atomic E-state index is 12.6. The van der Waals surface area contributed by atoms with Crippen molar-refractivity contribution >= 4 is 11.7 Å². The molecule has 0 spiro atoms. The molecule has 3 rings (SSSR count). The summed E-state index contributed by atoms with van der Waals surface area (Å²) in [6.07, 6.45) is 5.56. The number of amides is 2. The van der Waals surface area contributed by atoms with Crippen molar-refractivity contribution in [2.45, 2.75) is 18.9 Å². The van der Waals surface area contributed by atoms with Gasteiger partial charge in [-0.2, -0.15) is 0 Å². The van der Waals surface area contributed by atoms with Gasteiger partial charge in [0.15, 0.2) is 0 Å². The number of nitrogens with one attached hydrogen (secondary N) is 1. The number of nitrogens with zero attached hydrogens (tertiary/aromatic N) is 2. The summed E-state index contributed by atoms with van der Waals surface area (Å²) in [6.45, 7) is 1.39. The summed E-state index contributed by atoms with van der Waals surface area (Å²) in [7, 11) is 1.70. The molecule has 1 aliphatic rings. The van der Waals surface area contributed by atoms with Crippen LogP contribution in [-0.2, 0) is 4.74 Å². The van der Waals surface area contributed by atoms with Gasteiger partial charge in [0.1, 0.15) is 0 Å². The monoisotopic (exact) mass is 311 g/mol. The topological polar surface area (TPSA) is 54.5 Å². The standard InChI is InChI=1S/C18H21N3O2/c1-23-15-8-5-11-21(13-15)18(22)20-17-9-10-19-12-16(17)14-6-3-2-4-7-14/h2-4,6-7,9-10,12,15H,5,8,11,13H2,1H3,(H,19,20,22). The van der Waals surface area contributed by atoms with Gasteiger partial charge in [-0.1, -0.05) is 30.3 Å². The Balaban J connectivity index is 1.77. The Morgan fingerprint density at radius 3 is 2.91 bits per heavy atom. The van der Waals surface area contributed by atoms with Gasteiger partial charge in [0.05, 0.1) is 11.8 Å². The first-order valence-electron chi connectivity index (χ1n) is 7.86. The van der Waals surface area contributed by atoms with Gasteiger partial charge in [-0.3, -0.25) is 4.98 Å². The van der Waals surface area contributed by atoms with Crippen LogP contribution < -0.4 is 5.32 Å². The Morgan fingerprint density at radius 2 is 2.13 bits per heavy atom. The van der Waals surface area contributed by atoms with Crippen LogP contribution >= 0.6 is 0 Å². The lowest BCUT2D eigenvalue weighted by Gasteiger charge is -2.32. The molecule has 5 heteroatoms. The molecule has 1 fully saturated rings. The lowest BCUT2D eigenvalue weighted by molar-refractivity contribution is 0.0458. The van der Waals surface area contributed by atoms with Crippen LogP contribution in [-0.4, -0.2) is 42.2 Å². The minimum Gasteiger partial charge on any atom is -0.380 e. The first-order chi connectivity index (χ1) is 11.3. The van der Waals surface area contributed by atoms with Gasteiger partial charge in [-0.25, -0.2) is 4.79 Å². The Bertz CT molecular complexity index is 660. The molecule has 5 nitrogen and oxygen atoms in total. The van der Waals surface area contributed by atoms with E-state index in [4.69, 9.17) is 4.74 Å². The number of carbonyl (C=O) groups excluding carboxylic acids is 1. The highest BCUT2D eigenvalue weighted by Crippen LogP contribution is 2.27. The van der Waals surface area contributed by atoms with Gasteiger partial charge >= 0.3 is 6.03 Å². The van der Waals surface area contributed by atoms with Crippen molar-refractivity contribution in [1.29, 1.82) is 0 Å². The first kappa shape index (κ1) is 15.5. The summed E-state index contributed by atoms with van der Waals surface area (Å²) < 4.78 is 5.38. The van der Waals surface area contributed by atoms with Crippen molar-refractivity contribution in [2.24, 2.45) is 0 Å². The third-order valence-corrected chi connectivity index (χ3v) is 4.15. The molecular formula is C18H21N3O2. The first-order valence-corrected chi connectivity index (χ1v) is 7.86. The zero-order chi connectivity index (χ0) is 16.1. The molecule has 2 aromatic rings. The molecule has 1 N–H and O–H groups in total. The van der Waals surface area contributed by atoms with E-state index in [1.807, 2.05) is 41.3 Å². The molecule has 1 unspecified atom stereocenters. The van der Waals surface area contributed by atoms with E-state index in [-0.39, 0.29) is 12.1 Å². The summed E-state index contributed by atoms with van der Waals surface area (Å²) in [5.41, 5.74) is 2.72. The van der Waals surface area contributed by atoms with Crippen LogP contribution in [0.3, 0.4) is 0 Å². The van der Waals surface area contributed by atoms with Crippen LogP contribution in [0.15, 0.2) is 48.8 Å². The molecule has 1 aliphatic heterocycles. The number of pyridine rings is 1. The fraction of sp³-hybridized carbons (Fsp3) is 0.333. The number of hydrogen-bond donors (Lipinski definition) is 1. The van der Waals surface area contributed by atoms with Crippen molar-refractivity contribution < 1.29 is 9.53 Å². The number of ether oxygens (including phenoxy) is 1. The fourth-order valence-electron chi connectivity index (χ4n) is 2.86. The minimum absolute atomic E-state index is 0.0878. The number of rotatable bonds is 3. The van der Waals surface area contributed by atoms with E-state index in [1.165, 1.54) is 0 Å². The van der Waals surface area contributed by atoms with Gasteiger partial charge in [0.2, 0.25) is 0 Å².